The van der Waals surface area contributed by atoms with Crippen LogP contribution in [-0.4, -0.2) is 24.7 Å². The van der Waals surface area contributed by atoms with E-state index in [0.717, 1.165) is 4.90 Å². The van der Waals surface area contributed by atoms with Gasteiger partial charge in [-0.15, -0.1) is 24.2 Å². The van der Waals surface area contributed by atoms with Crippen LogP contribution in [0.2, 0.25) is 0 Å². The molecule has 3 nitrogen and oxygen atoms in total. The van der Waals surface area contributed by atoms with Crippen molar-refractivity contribution in [3.63, 3.8) is 0 Å². The zero-order valence-electron chi connectivity index (χ0n) is 8.31. The summed E-state index contributed by atoms with van der Waals surface area (Å²) in [7, 11) is 0. The van der Waals surface area contributed by atoms with Crippen LogP contribution in [0.5, 0.6) is 0 Å². The molecule has 0 aliphatic heterocycles. The number of rotatable bonds is 5. The lowest BCUT2D eigenvalue weighted by Gasteiger charge is -2.02. The van der Waals surface area contributed by atoms with Gasteiger partial charge in [0.25, 0.3) is 0 Å². The van der Waals surface area contributed by atoms with Crippen LogP contribution in [0.3, 0.4) is 0 Å². The maximum atomic E-state index is 11.2. The molecule has 1 rings (SSSR count). The van der Waals surface area contributed by atoms with Crippen LogP contribution < -0.4 is 11.1 Å². The summed E-state index contributed by atoms with van der Waals surface area (Å²) in [6, 6.07) is 9.85. The van der Waals surface area contributed by atoms with E-state index >= 15 is 0 Å². The number of hydrogen-bond donors (Lipinski definition) is 2. The van der Waals surface area contributed by atoms with Gasteiger partial charge in [0.2, 0.25) is 5.91 Å². The van der Waals surface area contributed by atoms with Crippen molar-refractivity contribution in [1.29, 1.82) is 0 Å². The van der Waals surface area contributed by atoms with E-state index in [2.05, 4.69) is 5.32 Å². The van der Waals surface area contributed by atoms with Gasteiger partial charge in [0.1, 0.15) is 0 Å². The summed E-state index contributed by atoms with van der Waals surface area (Å²) >= 11 is 1.53. The summed E-state index contributed by atoms with van der Waals surface area (Å²) in [6.45, 7) is 1.04. The van der Waals surface area contributed by atoms with Gasteiger partial charge < -0.3 is 11.1 Å². The van der Waals surface area contributed by atoms with E-state index in [1.165, 1.54) is 11.8 Å². The summed E-state index contributed by atoms with van der Waals surface area (Å²) in [5.74, 6) is 0.480. The summed E-state index contributed by atoms with van der Waals surface area (Å²) in [4.78, 5) is 12.3. The lowest BCUT2D eigenvalue weighted by Crippen LogP contribution is -2.30. The topological polar surface area (TPSA) is 55.1 Å². The molecular formula is C10H15ClN2OS. The Morgan fingerprint density at radius 3 is 2.60 bits per heavy atom. The molecule has 1 aromatic carbocycles. The highest BCUT2D eigenvalue weighted by atomic mass is 35.5. The highest BCUT2D eigenvalue weighted by Gasteiger charge is 2.00. The first-order chi connectivity index (χ1) is 6.83. The van der Waals surface area contributed by atoms with Crippen molar-refractivity contribution < 1.29 is 4.79 Å². The number of amides is 1. The van der Waals surface area contributed by atoms with Gasteiger partial charge >= 0.3 is 0 Å². The van der Waals surface area contributed by atoms with Gasteiger partial charge in [-0.25, -0.2) is 0 Å². The van der Waals surface area contributed by atoms with Crippen molar-refractivity contribution in [2.75, 3.05) is 18.8 Å². The molecule has 0 saturated heterocycles. The minimum absolute atomic E-state index is 0. The SMILES string of the molecule is Cl.NCCNC(=O)CSc1ccccc1. The van der Waals surface area contributed by atoms with E-state index in [-0.39, 0.29) is 18.3 Å². The molecule has 0 atom stereocenters. The summed E-state index contributed by atoms with van der Waals surface area (Å²) < 4.78 is 0. The van der Waals surface area contributed by atoms with Crippen molar-refractivity contribution in [1.82, 2.24) is 5.32 Å². The summed E-state index contributed by atoms with van der Waals surface area (Å²) in [6.07, 6.45) is 0. The summed E-state index contributed by atoms with van der Waals surface area (Å²) in [5, 5.41) is 2.72. The van der Waals surface area contributed by atoms with Crippen molar-refractivity contribution in [3.05, 3.63) is 30.3 Å². The van der Waals surface area contributed by atoms with Crippen LogP contribution in [0, 0.1) is 0 Å². The molecule has 0 radical (unpaired) electrons. The Balaban J connectivity index is 0.00000196. The largest absolute Gasteiger partial charge is 0.354 e. The number of nitrogens with one attached hydrogen (secondary N) is 1. The van der Waals surface area contributed by atoms with E-state index in [1.807, 2.05) is 30.3 Å². The zero-order valence-corrected chi connectivity index (χ0v) is 9.94. The molecule has 0 saturated carbocycles. The molecule has 1 aromatic rings. The van der Waals surface area contributed by atoms with Gasteiger partial charge in [-0.05, 0) is 12.1 Å². The van der Waals surface area contributed by atoms with Crippen LogP contribution in [0.4, 0.5) is 0 Å². The number of thioether (sulfide) groups is 1. The molecule has 84 valence electrons. The maximum Gasteiger partial charge on any atom is 0.230 e. The third kappa shape index (κ3) is 6.38. The first-order valence-electron chi connectivity index (χ1n) is 4.47. The van der Waals surface area contributed by atoms with Crippen LogP contribution in [-0.2, 0) is 4.79 Å². The van der Waals surface area contributed by atoms with Gasteiger partial charge in [0.15, 0.2) is 0 Å². The Kier molecular flexibility index (Phi) is 8.18. The predicted octanol–water partition coefficient (Wildman–Crippen LogP) is 1.28. The van der Waals surface area contributed by atoms with Crippen molar-refractivity contribution >= 4 is 30.1 Å². The number of hydrogen-bond acceptors (Lipinski definition) is 3. The Morgan fingerprint density at radius 1 is 1.33 bits per heavy atom. The highest BCUT2D eigenvalue weighted by Crippen LogP contribution is 2.15. The molecule has 0 spiro atoms. The van der Waals surface area contributed by atoms with Gasteiger partial charge in [0, 0.05) is 18.0 Å². The second-order valence-corrected chi connectivity index (χ2v) is 3.79. The van der Waals surface area contributed by atoms with Crippen LogP contribution >= 0.6 is 24.2 Å². The van der Waals surface area contributed by atoms with E-state index in [0.29, 0.717) is 18.8 Å². The Bertz CT molecular complexity index is 282. The maximum absolute atomic E-state index is 11.2. The smallest absolute Gasteiger partial charge is 0.230 e. The first kappa shape index (κ1) is 14.3. The zero-order chi connectivity index (χ0) is 10.2. The molecule has 0 aliphatic rings. The minimum atomic E-state index is 0. The first-order valence-corrected chi connectivity index (χ1v) is 5.46. The number of carbonyl (C=O) groups is 1. The van der Waals surface area contributed by atoms with Gasteiger partial charge in [-0.1, -0.05) is 18.2 Å². The molecule has 0 unspecified atom stereocenters. The monoisotopic (exact) mass is 246 g/mol. The van der Waals surface area contributed by atoms with Crippen LogP contribution in [0.15, 0.2) is 35.2 Å². The number of halogens is 1. The highest BCUT2D eigenvalue weighted by molar-refractivity contribution is 8.00. The normalized spacial score (nSPS) is 9.13. The van der Waals surface area contributed by atoms with E-state index < -0.39 is 0 Å². The quantitative estimate of drug-likeness (QED) is 0.770. The van der Waals surface area contributed by atoms with Gasteiger partial charge in [0.05, 0.1) is 5.75 Å². The van der Waals surface area contributed by atoms with Gasteiger partial charge in [-0.2, -0.15) is 0 Å². The second-order valence-electron chi connectivity index (χ2n) is 2.74. The third-order valence-electron chi connectivity index (χ3n) is 1.58. The average molecular weight is 247 g/mol. The number of carbonyl (C=O) groups excluding carboxylic acids is 1. The Hall–Kier alpha value is -0.710. The van der Waals surface area contributed by atoms with Crippen LogP contribution in [0.1, 0.15) is 0 Å². The molecule has 0 fully saturated rings. The fourth-order valence-electron chi connectivity index (χ4n) is 0.928. The van der Waals surface area contributed by atoms with E-state index in [1.54, 1.807) is 0 Å². The fraction of sp³-hybridized carbons (Fsp3) is 0.300. The van der Waals surface area contributed by atoms with Crippen LogP contribution in [0.25, 0.3) is 0 Å². The molecular weight excluding hydrogens is 232 g/mol. The molecule has 3 N–H and O–H groups in total. The number of benzene rings is 1. The lowest BCUT2D eigenvalue weighted by atomic mass is 10.4. The minimum Gasteiger partial charge on any atom is -0.354 e. The predicted molar refractivity (Wildman–Crippen MR) is 66.5 cm³/mol. The molecule has 5 heteroatoms. The molecule has 0 heterocycles. The van der Waals surface area contributed by atoms with Crippen molar-refractivity contribution in [2.24, 2.45) is 5.73 Å². The standard InChI is InChI=1S/C10H14N2OS.ClH/c11-6-7-12-10(13)8-14-9-4-2-1-3-5-9;/h1-5H,6-8,11H2,(H,12,13);1H. The van der Waals surface area contributed by atoms with Crippen molar-refractivity contribution in [3.8, 4) is 0 Å². The molecule has 0 aliphatic carbocycles. The Morgan fingerprint density at radius 2 is 2.00 bits per heavy atom. The molecule has 1 amide bonds. The third-order valence-corrected chi connectivity index (χ3v) is 2.59. The fourth-order valence-corrected chi connectivity index (χ4v) is 1.68. The Labute approximate surface area is 100 Å². The van der Waals surface area contributed by atoms with Crippen molar-refractivity contribution in [2.45, 2.75) is 4.90 Å². The molecule has 0 bridgehead atoms. The van der Waals surface area contributed by atoms with E-state index in [4.69, 9.17) is 5.73 Å². The number of nitrogens with two attached hydrogens (primary N) is 1. The summed E-state index contributed by atoms with van der Waals surface area (Å²) in [5.41, 5.74) is 5.26. The van der Waals surface area contributed by atoms with E-state index in [9.17, 15) is 4.79 Å². The molecule has 15 heavy (non-hydrogen) atoms. The second kappa shape index (κ2) is 8.59. The van der Waals surface area contributed by atoms with Gasteiger partial charge in [-0.3, -0.25) is 4.79 Å². The average Bonchev–Trinajstić information content (AvgIpc) is 2.25. The molecule has 0 aromatic heterocycles. The lowest BCUT2D eigenvalue weighted by molar-refractivity contribution is -0.118.